The van der Waals surface area contributed by atoms with Crippen LogP contribution in [0.1, 0.15) is 32.3 Å². The highest BCUT2D eigenvalue weighted by Gasteiger charge is 2.17. The smallest absolute Gasteiger partial charge is 0.137 e. The third-order valence-electron chi connectivity index (χ3n) is 2.58. The molecule has 1 unspecified atom stereocenters. The topological polar surface area (TPSA) is 61.3 Å². The van der Waals surface area contributed by atoms with Crippen molar-refractivity contribution in [3.8, 4) is 0 Å². The zero-order chi connectivity index (χ0) is 13.0. The number of aliphatic hydroxyl groups is 1. The minimum Gasteiger partial charge on any atom is -0.392 e. The van der Waals surface area contributed by atoms with Crippen molar-refractivity contribution in [2.45, 2.75) is 32.8 Å². The maximum atomic E-state index is 9.44. The number of hydrogen-bond acceptors (Lipinski definition) is 5. The SMILES string of the molecule is CNc1ncnc(N(C)CC(C)O)c1C(C)C. The van der Waals surface area contributed by atoms with E-state index >= 15 is 0 Å². The van der Waals surface area contributed by atoms with Crippen LogP contribution in [-0.4, -0.2) is 41.8 Å². The van der Waals surface area contributed by atoms with E-state index in [0.717, 1.165) is 17.2 Å². The molecule has 96 valence electrons. The molecule has 0 bridgehead atoms. The molecule has 0 radical (unpaired) electrons. The van der Waals surface area contributed by atoms with Crippen LogP contribution in [0.15, 0.2) is 6.33 Å². The number of nitrogens with zero attached hydrogens (tertiary/aromatic N) is 3. The first-order valence-corrected chi connectivity index (χ1v) is 5.89. The van der Waals surface area contributed by atoms with Crippen LogP contribution in [0.3, 0.4) is 0 Å². The van der Waals surface area contributed by atoms with E-state index in [1.807, 2.05) is 19.0 Å². The normalized spacial score (nSPS) is 12.6. The third-order valence-corrected chi connectivity index (χ3v) is 2.58. The molecule has 0 saturated carbocycles. The van der Waals surface area contributed by atoms with Gasteiger partial charge in [-0.05, 0) is 12.8 Å². The number of rotatable bonds is 5. The number of hydrogen-bond donors (Lipinski definition) is 2. The van der Waals surface area contributed by atoms with E-state index in [-0.39, 0.29) is 6.10 Å². The van der Waals surface area contributed by atoms with E-state index in [0.29, 0.717) is 12.5 Å². The molecule has 1 aromatic heterocycles. The first-order valence-electron chi connectivity index (χ1n) is 5.89. The Morgan fingerprint density at radius 2 is 2.00 bits per heavy atom. The second kappa shape index (κ2) is 5.82. The predicted octanol–water partition coefficient (Wildman–Crippen LogP) is 1.46. The molecule has 0 spiro atoms. The molecule has 0 saturated heterocycles. The van der Waals surface area contributed by atoms with Crippen LogP contribution in [-0.2, 0) is 0 Å². The molecule has 0 fully saturated rings. The fourth-order valence-corrected chi connectivity index (χ4v) is 1.90. The summed E-state index contributed by atoms with van der Waals surface area (Å²) in [5, 5.41) is 12.5. The summed E-state index contributed by atoms with van der Waals surface area (Å²) in [7, 11) is 3.78. The molecule has 1 rings (SSSR count). The monoisotopic (exact) mass is 238 g/mol. The molecule has 0 amide bonds. The minimum absolute atomic E-state index is 0.324. The fraction of sp³-hybridized carbons (Fsp3) is 0.667. The Bertz CT molecular complexity index is 366. The van der Waals surface area contributed by atoms with Gasteiger partial charge in [0.05, 0.1) is 6.10 Å². The van der Waals surface area contributed by atoms with E-state index in [2.05, 4.69) is 29.1 Å². The van der Waals surface area contributed by atoms with Gasteiger partial charge in [-0.1, -0.05) is 13.8 Å². The van der Waals surface area contributed by atoms with E-state index in [9.17, 15) is 5.11 Å². The molecular formula is C12H22N4O. The standard InChI is InChI=1S/C12H22N4O/c1-8(2)10-11(13-4)14-7-15-12(10)16(5)6-9(3)17/h7-9,17H,6H2,1-5H3,(H,13,14,15). The van der Waals surface area contributed by atoms with Gasteiger partial charge >= 0.3 is 0 Å². The van der Waals surface area contributed by atoms with Gasteiger partial charge in [-0.2, -0.15) is 0 Å². The molecule has 1 heterocycles. The quantitative estimate of drug-likeness (QED) is 0.813. The number of aromatic nitrogens is 2. The molecule has 1 atom stereocenters. The average Bonchev–Trinajstić information content (AvgIpc) is 2.26. The number of anilines is 2. The van der Waals surface area contributed by atoms with E-state index in [1.54, 1.807) is 13.3 Å². The first-order chi connectivity index (χ1) is 7.97. The van der Waals surface area contributed by atoms with Crippen LogP contribution in [0, 0.1) is 0 Å². The molecular weight excluding hydrogens is 216 g/mol. The summed E-state index contributed by atoms with van der Waals surface area (Å²) in [6.07, 6.45) is 1.17. The van der Waals surface area contributed by atoms with Gasteiger partial charge in [0.2, 0.25) is 0 Å². The molecule has 5 heteroatoms. The van der Waals surface area contributed by atoms with Gasteiger partial charge in [0.25, 0.3) is 0 Å². The predicted molar refractivity (Wildman–Crippen MR) is 70.6 cm³/mol. The van der Waals surface area contributed by atoms with Crippen molar-refractivity contribution < 1.29 is 5.11 Å². The summed E-state index contributed by atoms with van der Waals surface area (Å²) in [4.78, 5) is 10.5. The van der Waals surface area contributed by atoms with E-state index in [1.165, 1.54) is 0 Å². The maximum Gasteiger partial charge on any atom is 0.137 e. The highest BCUT2D eigenvalue weighted by Crippen LogP contribution is 2.29. The molecule has 0 aliphatic heterocycles. The van der Waals surface area contributed by atoms with Crippen molar-refractivity contribution in [1.82, 2.24) is 9.97 Å². The first kappa shape index (κ1) is 13.7. The lowest BCUT2D eigenvalue weighted by Crippen LogP contribution is -2.29. The average molecular weight is 238 g/mol. The highest BCUT2D eigenvalue weighted by molar-refractivity contribution is 5.59. The Hall–Kier alpha value is -1.36. The van der Waals surface area contributed by atoms with Crippen LogP contribution in [0.2, 0.25) is 0 Å². The highest BCUT2D eigenvalue weighted by atomic mass is 16.3. The summed E-state index contributed by atoms with van der Waals surface area (Å²) >= 11 is 0. The molecule has 17 heavy (non-hydrogen) atoms. The lowest BCUT2D eigenvalue weighted by atomic mass is 10.0. The Balaban J connectivity index is 3.13. The second-order valence-corrected chi connectivity index (χ2v) is 4.59. The Labute approximate surface area is 103 Å². The van der Waals surface area contributed by atoms with Crippen molar-refractivity contribution in [2.24, 2.45) is 0 Å². The maximum absolute atomic E-state index is 9.44. The summed E-state index contributed by atoms with van der Waals surface area (Å²) in [5.74, 6) is 2.05. The minimum atomic E-state index is -0.381. The Kier molecular flexibility index (Phi) is 4.69. The Morgan fingerprint density at radius 3 is 2.47 bits per heavy atom. The molecule has 2 N–H and O–H groups in total. The van der Waals surface area contributed by atoms with Crippen molar-refractivity contribution in [1.29, 1.82) is 0 Å². The zero-order valence-electron chi connectivity index (χ0n) is 11.2. The third kappa shape index (κ3) is 3.30. The van der Waals surface area contributed by atoms with E-state index in [4.69, 9.17) is 0 Å². The van der Waals surface area contributed by atoms with Crippen LogP contribution in [0.5, 0.6) is 0 Å². The van der Waals surface area contributed by atoms with Crippen LogP contribution in [0.25, 0.3) is 0 Å². The van der Waals surface area contributed by atoms with Crippen LogP contribution in [0.4, 0.5) is 11.6 Å². The molecule has 1 aromatic rings. The van der Waals surface area contributed by atoms with Crippen molar-refractivity contribution in [3.63, 3.8) is 0 Å². The summed E-state index contributed by atoms with van der Waals surface area (Å²) in [5.41, 5.74) is 1.08. The molecule has 0 aromatic carbocycles. The van der Waals surface area contributed by atoms with E-state index < -0.39 is 0 Å². The lowest BCUT2D eigenvalue weighted by Gasteiger charge is -2.24. The van der Waals surface area contributed by atoms with Gasteiger partial charge in [0, 0.05) is 26.2 Å². The van der Waals surface area contributed by atoms with Gasteiger partial charge in [0.15, 0.2) is 0 Å². The van der Waals surface area contributed by atoms with Gasteiger partial charge in [-0.25, -0.2) is 9.97 Å². The summed E-state index contributed by atoms with van der Waals surface area (Å²) < 4.78 is 0. The molecule has 5 nitrogen and oxygen atoms in total. The van der Waals surface area contributed by atoms with Gasteiger partial charge in [-0.3, -0.25) is 0 Å². The van der Waals surface area contributed by atoms with Gasteiger partial charge < -0.3 is 15.3 Å². The summed E-state index contributed by atoms with van der Waals surface area (Å²) in [6.45, 7) is 6.55. The Morgan fingerprint density at radius 1 is 1.35 bits per heavy atom. The zero-order valence-corrected chi connectivity index (χ0v) is 11.2. The van der Waals surface area contributed by atoms with Crippen LogP contribution >= 0.6 is 0 Å². The number of likely N-dealkylation sites (N-methyl/N-ethyl adjacent to an activating group) is 1. The lowest BCUT2D eigenvalue weighted by molar-refractivity contribution is 0.201. The second-order valence-electron chi connectivity index (χ2n) is 4.59. The number of aliphatic hydroxyl groups excluding tert-OH is 1. The van der Waals surface area contributed by atoms with Crippen LogP contribution < -0.4 is 10.2 Å². The van der Waals surface area contributed by atoms with Crippen molar-refractivity contribution in [2.75, 3.05) is 30.9 Å². The van der Waals surface area contributed by atoms with Gasteiger partial charge in [-0.15, -0.1) is 0 Å². The molecule has 0 aliphatic carbocycles. The number of nitrogens with one attached hydrogen (secondary N) is 1. The van der Waals surface area contributed by atoms with Gasteiger partial charge in [0.1, 0.15) is 18.0 Å². The van der Waals surface area contributed by atoms with Crippen molar-refractivity contribution >= 4 is 11.6 Å². The molecule has 0 aliphatic rings. The largest absolute Gasteiger partial charge is 0.392 e. The van der Waals surface area contributed by atoms with Crippen molar-refractivity contribution in [3.05, 3.63) is 11.9 Å². The summed E-state index contributed by atoms with van der Waals surface area (Å²) in [6, 6.07) is 0. The fourth-order valence-electron chi connectivity index (χ4n) is 1.90.